The molecule has 16 heavy (non-hydrogen) atoms. The van der Waals surface area contributed by atoms with E-state index in [2.05, 4.69) is 30.3 Å². The number of aromatic amines is 1. The number of nitrogens with two attached hydrogens (primary N) is 1. The number of rotatable bonds is 3. The molecule has 2 heterocycles. The molecule has 0 spiro atoms. The summed E-state index contributed by atoms with van der Waals surface area (Å²) in [5.41, 5.74) is 5.39. The van der Waals surface area contributed by atoms with E-state index in [4.69, 9.17) is 5.73 Å². The number of tetrazole rings is 1. The molecule has 11 heteroatoms. The second-order valence-corrected chi connectivity index (χ2v) is 4.51. The molecule has 0 radical (unpaired) electrons. The van der Waals surface area contributed by atoms with E-state index in [9.17, 15) is 8.42 Å². The lowest BCUT2D eigenvalue weighted by molar-refractivity contribution is 0.601. The molecule has 2 aromatic heterocycles. The van der Waals surface area contributed by atoms with Crippen LogP contribution < -0.4 is 10.5 Å². The van der Waals surface area contributed by atoms with Crippen molar-refractivity contribution in [2.45, 2.75) is 4.90 Å². The first-order chi connectivity index (χ1) is 7.49. The van der Waals surface area contributed by atoms with Crippen LogP contribution in [0.1, 0.15) is 0 Å². The molecule has 4 N–H and O–H groups in total. The molecule has 0 aliphatic rings. The maximum Gasteiger partial charge on any atom is 0.277 e. The Kier molecular flexibility index (Phi) is 2.23. The lowest BCUT2D eigenvalue weighted by atomic mass is 10.7. The first-order valence-electron chi connectivity index (χ1n) is 4.05. The Hall–Kier alpha value is -2.17. The molecule has 0 aromatic carbocycles. The summed E-state index contributed by atoms with van der Waals surface area (Å²) in [6, 6.07) is 0. The van der Waals surface area contributed by atoms with Crippen molar-refractivity contribution in [3.8, 4) is 0 Å². The Morgan fingerprint density at radius 2 is 2.31 bits per heavy atom. The van der Waals surface area contributed by atoms with Crippen molar-refractivity contribution >= 4 is 21.8 Å². The van der Waals surface area contributed by atoms with Gasteiger partial charge in [-0.3, -0.25) is 5.10 Å². The number of aromatic nitrogens is 6. The van der Waals surface area contributed by atoms with Gasteiger partial charge in [0.05, 0.1) is 13.2 Å². The lowest BCUT2D eigenvalue weighted by Crippen LogP contribution is -2.15. The second-order valence-electron chi connectivity index (χ2n) is 2.86. The van der Waals surface area contributed by atoms with Crippen LogP contribution in [-0.4, -0.2) is 38.8 Å². The van der Waals surface area contributed by atoms with Crippen LogP contribution in [-0.2, 0) is 17.1 Å². The molecule has 0 saturated carbocycles. The molecule has 0 aliphatic carbocycles. The van der Waals surface area contributed by atoms with Crippen LogP contribution in [0.15, 0.2) is 11.1 Å². The van der Waals surface area contributed by atoms with Gasteiger partial charge in [-0.15, -0.1) is 5.10 Å². The highest BCUT2D eigenvalue weighted by Gasteiger charge is 2.21. The van der Waals surface area contributed by atoms with Gasteiger partial charge >= 0.3 is 0 Å². The minimum atomic E-state index is -3.83. The van der Waals surface area contributed by atoms with Crippen LogP contribution in [0.2, 0.25) is 0 Å². The summed E-state index contributed by atoms with van der Waals surface area (Å²) in [6.45, 7) is 0. The number of nitrogen functional groups attached to an aromatic ring is 1. The smallest absolute Gasteiger partial charge is 0.277 e. The summed E-state index contributed by atoms with van der Waals surface area (Å²) < 4.78 is 25.6. The Morgan fingerprint density at radius 1 is 1.56 bits per heavy atom. The van der Waals surface area contributed by atoms with Gasteiger partial charge in [-0.25, -0.2) is 13.1 Å². The first kappa shape index (κ1) is 10.4. The number of sulfonamides is 1. The van der Waals surface area contributed by atoms with E-state index in [0.717, 1.165) is 11.0 Å². The third-order valence-corrected chi connectivity index (χ3v) is 3.01. The van der Waals surface area contributed by atoms with Crippen LogP contribution in [0.5, 0.6) is 0 Å². The van der Waals surface area contributed by atoms with Gasteiger partial charge in [-0.05, 0) is 5.21 Å². The van der Waals surface area contributed by atoms with Gasteiger partial charge < -0.3 is 5.73 Å². The standard InChI is InChI=1S/C5H8N8O2S/c1-13-10-5(9-12-13)11-16(14,15)3-2-7-8-4(3)6/h2H,1H3,(H,10,11)(H3,6,7,8). The van der Waals surface area contributed by atoms with Crippen LogP contribution >= 0.6 is 0 Å². The molecule has 0 fully saturated rings. The molecular weight excluding hydrogens is 236 g/mol. The van der Waals surface area contributed by atoms with Gasteiger partial charge in [-0.2, -0.15) is 9.90 Å². The highest BCUT2D eigenvalue weighted by molar-refractivity contribution is 7.92. The van der Waals surface area contributed by atoms with E-state index in [1.165, 1.54) is 7.05 Å². The Balaban J connectivity index is 2.31. The van der Waals surface area contributed by atoms with Crippen LogP contribution in [0.4, 0.5) is 11.8 Å². The van der Waals surface area contributed by atoms with Gasteiger partial charge in [-0.1, -0.05) is 5.10 Å². The molecule has 86 valence electrons. The largest absolute Gasteiger partial charge is 0.383 e. The van der Waals surface area contributed by atoms with E-state index in [1.807, 2.05) is 0 Å². The van der Waals surface area contributed by atoms with Crippen LogP contribution in [0.25, 0.3) is 0 Å². The predicted octanol–water partition coefficient (Wildman–Crippen LogP) is -1.68. The molecule has 0 unspecified atom stereocenters. The van der Waals surface area contributed by atoms with Gasteiger partial charge in [0.1, 0.15) is 10.7 Å². The maximum atomic E-state index is 11.7. The van der Waals surface area contributed by atoms with Crippen LogP contribution in [0.3, 0.4) is 0 Å². The van der Waals surface area contributed by atoms with Gasteiger partial charge in [0.15, 0.2) is 0 Å². The van der Waals surface area contributed by atoms with Crippen LogP contribution in [0, 0.1) is 0 Å². The average molecular weight is 244 g/mol. The molecule has 2 aromatic rings. The van der Waals surface area contributed by atoms with Gasteiger partial charge in [0, 0.05) is 0 Å². The zero-order valence-corrected chi connectivity index (χ0v) is 8.93. The summed E-state index contributed by atoms with van der Waals surface area (Å²) in [6.07, 6.45) is 1.09. The van der Waals surface area contributed by atoms with E-state index in [1.54, 1.807) is 0 Å². The third kappa shape index (κ3) is 1.79. The average Bonchev–Trinajstić information content (AvgIpc) is 2.74. The monoisotopic (exact) mass is 244 g/mol. The van der Waals surface area contributed by atoms with Crippen molar-refractivity contribution in [2.75, 3.05) is 10.5 Å². The molecule has 0 bridgehead atoms. The van der Waals surface area contributed by atoms with E-state index >= 15 is 0 Å². The minimum Gasteiger partial charge on any atom is -0.383 e. The fourth-order valence-electron chi connectivity index (χ4n) is 0.999. The Labute approximate surface area is 89.9 Å². The molecule has 0 aliphatic heterocycles. The molecule has 2 rings (SSSR count). The maximum absolute atomic E-state index is 11.7. The summed E-state index contributed by atoms with van der Waals surface area (Å²) >= 11 is 0. The topological polar surface area (TPSA) is 144 Å². The normalized spacial score (nSPS) is 11.6. The highest BCUT2D eigenvalue weighted by atomic mass is 32.2. The fourth-order valence-corrected chi connectivity index (χ4v) is 1.96. The number of H-pyrrole nitrogens is 1. The zero-order chi connectivity index (χ0) is 11.8. The zero-order valence-electron chi connectivity index (χ0n) is 8.12. The summed E-state index contributed by atoms with van der Waals surface area (Å²) in [5.74, 6) is -0.195. The second kappa shape index (κ2) is 3.44. The van der Waals surface area contributed by atoms with Gasteiger partial charge in [0.25, 0.3) is 16.0 Å². The van der Waals surface area contributed by atoms with Crippen molar-refractivity contribution in [3.05, 3.63) is 6.20 Å². The number of nitrogens with zero attached hydrogens (tertiary/aromatic N) is 5. The predicted molar refractivity (Wildman–Crippen MR) is 52.6 cm³/mol. The van der Waals surface area contributed by atoms with Gasteiger partial charge in [0.2, 0.25) is 0 Å². The van der Waals surface area contributed by atoms with E-state index in [0.29, 0.717) is 0 Å². The number of nitrogens with one attached hydrogen (secondary N) is 2. The first-order valence-corrected chi connectivity index (χ1v) is 5.53. The summed E-state index contributed by atoms with van der Waals surface area (Å²) in [5, 5.41) is 16.4. The van der Waals surface area contributed by atoms with E-state index < -0.39 is 10.0 Å². The highest BCUT2D eigenvalue weighted by Crippen LogP contribution is 2.16. The number of hydrogen-bond donors (Lipinski definition) is 3. The third-order valence-electron chi connectivity index (χ3n) is 1.66. The minimum absolute atomic E-state index is 0.0589. The quantitative estimate of drug-likeness (QED) is 0.584. The van der Waals surface area contributed by atoms with E-state index in [-0.39, 0.29) is 16.7 Å². The van der Waals surface area contributed by atoms with Crippen molar-refractivity contribution < 1.29 is 8.42 Å². The summed E-state index contributed by atoms with van der Waals surface area (Å²) in [7, 11) is -2.32. The fraction of sp³-hybridized carbons (Fsp3) is 0.200. The van der Waals surface area contributed by atoms with Crippen molar-refractivity contribution in [3.63, 3.8) is 0 Å². The summed E-state index contributed by atoms with van der Waals surface area (Å²) in [4.78, 5) is 0.955. The van der Waals surface area contributed by atoms with Crippen molar-refractivity contribution in [1.82, 2.24) is 30.4 Å². The number of aryl methyl sites for hydroxylation is 1. The Bertz CT molecular complexity index is 597. The van der Waals surface area contributed by atoms with Crippen molar-refractivity contribution in [2.24, 2.45) is 7.05 Å². The molecule has 10 nitrogen and oxygen atoms in total. The molecular formula is C5H8N8O2S. The lowest BCUT2D eigenvalue weighted by Gasteiger charge is -2.01. The SMILES string of the molecule is Cn1nnc(NS(=O)(=O)c2cn[nH]c2N)n1. The Morgan fingerprint density at radius 3 is 2.81 bits per heavy atom. The number of anilines is 2. The van der Waals surface area contributed by atoms with Crippen molar-refractivity contribution in [1.29, 1.82) is 0 Å². The number of hydrogen-bond acceptors (Lipinski definition) is 7. The molecule has 0 atom stereocenters. The molecule has 0 saturated heterocycles. The molecule has 0 amide bonds.